The number of rotatable bonds is 4. The lowest BCUT2D eigenvalue weighted by atomic mass is 10.00. The van der Waals surface area contributed by atoms with E-state index in [2.05, 4.69) is 4.98 Å². The number of benzene rings is 2. The average molecular weight is 349 g/mol. The van der Waals surface area contributed by atoms with Crippen molar-refractivity contribution in [3.8, 4) is 5.75 Å². The fourth-order valence-electron chi connectivity index (χ4n) is 3.76. The maximum absolute atomic E-state index is 13.1. The molecule has 1 aliphatic heterocycles. The van der Waals surface area contributed by atoms with Gasteiger partial charge < -0.3 is 14.6 Å². The molecule has 5 nitrogen and oxygen atoms in total. The molecule has 0 saturated carbocycles. The first-order valence-electron chi connectivity index (χ1n) is 9.12. The summed E-state index contributed by atoms with van der Waals surface area (Å²) in [7, 11) is 1.64. The number of piperidine rings is 1. The van der Waals surface area contributed by atoms with E-state index in [9.17, 15) is 4.79 Å². The summed E-state index contributed by atoms with van der Waals surface area (Å²) in [6, 6.07) is 15.7. The van der Waals surface area contributed by atoms with Crippen molar-refractivity contribution in [2.45, 2.75) is 31.7 Å². The van der Waals surface area contributed by atoms with E-state index in [1.165, 1.54) is 0 Å². The van der Waals surface area contributed by atoms with E-state index in [4.69, 9.17) is 9.72 Å². The van der Waals surface area contributed by atoms with Crippen LogP contribution in [0, 0.1) is 0 Å². The Morgan fingerprint density at radius 3 is 2.85 bits per heavy atom. The van der Waals surface area contributed by atoms with E-state index >= 15 is 0 Å². The van der Waals surface area contributed by atoms with Crippen molar-refractivity contribution in [3.63, 3.8) is 0 Å². The summed E-state index contributed by atoms with van der Waals surface area (Å²) in [5.41, 5.74) is 2.89. The molecule has 1 N–H and O–H groups in total. The first-order valence-corrected chi connectivity index (χ1v) is 9.12. The molecule has 0 radical (unpaired) electrons. The maximum atomic E-state index is 13.1. The van der Waals surface area contributed by atoms with Crippen molar-refractivity contribution in [3.05, 3.63) is 59.9 Å². The monoisotopic (exact) mass is 349 g/mol. The highest BCUT2D eigenvalue weighted by Gasteiger charge is 2.30. The van der Waals surface area contributed by atoms with Crippen LogP contribution in [0.4, 0.5) is 0 Å². The van der Waals surface area contributed by atoms with Crippen LogP contribution in [-0.4, -0.2) is 34.4 Å². The first-order chi connectivity index (χ1) is 12.8. The number of H-pyrrole nitrogens is 1. The van der Waals surface area contributed by atoms with Crippen LogP contribution in [0.25, 0.3) is 11.0 Å². The molecule has 0 unspecified atom stereocenters. The quantitative estimate of drug-likeness (QED) is 0.778. The van der Waals surface area contributed by atoms with Crippen LogP contribution < -0.4 is 4.74 Å². The average Bonchev–Trinajstić information content (AvgIpc) is 3.12. The number of aromatic amines is 1. The highest BCUT2D eigenvalue weighted by atomic mass is 16.5. The molecule has 1 aliphatic rings. The summed E-state index contributed by atoms with van der Waals surface area (Å²) in [6.07, 6.45) is 3.44. The lowest BCUT2D eigenvalue weighted by Gasteiger charge is -2.34. The zero-order valence-corrected chi connectivity index (χ0v) is 14.9. The molecule has 4 rings (SSSR count). The number of carbonyl (C=O) groups excluding carboxylic acids is 1. The van der Waals surface area contributed by atoms with Gasteiger partial charge in [0.05, 0.1) is 30.6 Å². The normalized spacial score (nSPS) is 17.4. The van der Waals surface area contributed by atoms with Crippen LogP contribution in [0.15, 0.2) is 48.5 Å². The summed E-state index contributed by atoms with van der Waals surface area (Å²) in [4.78, 5) is 23.2. The number of aromatic nitrogens is 2. The third kappa shape index (κ3) is 3.17. The lowest BCUT2D eigenvalue weighted by molar-refractivity contribution is -0.134. The van der Waals surface area contributed by atoms with Gasteiger partial charge in [-0.3, -0.25) is 4.79 Å². The number of likely N-dealkylation sites (tertiary alicyclic amines) is 1. The van der Waals surface area contributed by atoms with Crippen LogP contribution in [0.2, 0.25) is 0 Å². The fourth-order valence-corrected chi connectivity index (χ4v) is 3.76. The van der Waals surface area contributed by atoms with Gasteiger partial charge in [0, 0.05) is 12.1 Å². The zero-order chi connectivity index (χ0) is 17.9. The molecule has 0 spiro atoms. The van der Waals surface area contributed by atoms with Gasteiger partial charge in [-0.25, -0.2) is 4.98 Å². The third-order valence-corrected chi connectivity index (χ3v) is 5.08. The number of nitrogens with one attached hydrogen (secondary N) is 1. The van der Waals surface area contributed by atoms with Gasteiger partial charge in [0.25, 0.3) is 0 Å². The van der Waals surface area contributed by atoms with Gasteiger partial charge in [0.2, 0.25) is 5.91 Å². The largest absolute Gasteiger partial charge is 0.496 e. The molecule has 0 aliphatic carbocycles. The molecule has 134 valence electrons. The molecule has 1 atom stereocenters. The Hall–Kier alpha value is -2.82. The second-order valence-corrected chi connectivity index (χ2v) is 6.73. The molecule has 1 aromatic heterocycles. The fraction of sp³-hybridized carbons (Fsp3) is 0.333. The summed E-state index contributed by atoms with van der Waals surface area (Å²) in [5.74, 6) is 1.78. The van der Waals surface area contributed by atoms with Gasteiger partial charge in [-0.2, -0.15) is 0 Å². The van der Waals surface area contributed by atoms with Crippen LogP contribution in [0.1, 0.15) is 36.7 Å². The number of ether oxygens (including phenoxy) is 1. The molecule has 2 aromatic carbocycles. The Morgan fingerprint density at radius 1 is 1.19 bits per heavy atom. The molecule has 26 heavy (non-hydrogen) atoms. The Bertz CT molecular complexity index is 885. The van der Waals surface area contributed by atoms with Gasteiger partial charge in [0.1, 0.15) is 11.6 Å². The summed E-state index contributed by atoms with van der Waals surface area (Å²) in [6.45, 7) is 0.774. The predicted molar refractivity (Wildman–Crippen MR) is 101 cm³/mol. The van der Waals surface area contributed by atoms with Gasteiger partial charge in [0.15, 0.2) is 0 Å². The van der Waals surface area contributed by atoms with Crippen LogP contribution in [-0.2, 0) is 11.2 Å². The standard InChI is InChI=1S/C21H23N3O2/c1-26-19-12-5-2-8-15(19)14-20(25)24-13-7-6-11-18(24)21-22-16-9-3-4-10-17(16)23-21/h2-5,8-10,12,18H,6-7,11,13-14H2,1H3,(H,22,23)/t18-/m1/s1. The van der Waals surface area contributed by atoms with Gasteiger partial charge in [-0.1, -0.05) is 30.3 Å². The molecule has 1 saturated heterocycles. The molecule has 2 heterocycles. The molecule has 5 heteroatoms. The minimum Gasteiger partial charge on any atom is -0.496 e. The Balaban J connectivity index is 1.59. The molecular formula is C21H23N3O2. The van der Waals surface area contributed by atoms with Gasteiger partial charge in [-0.05, 0) is 37.5 Å². The van der Waals surface area contributed by atoms with E-state index in [0.29, 0.717) is 6.42 Å². The number of methoxy groups -OCH3 is 1. The number of imidazole rings is 1. The van der Waals surface area contributed by atoms with Crippen LogP contribution >= 0.6 is 0 Å². The van der Waals surface area contributed by atoms with E-state index in [-0.39, 0.29) is 11.9 Å². The van der Waals surface area contributed by atoms with Crippen molar-refractivity contribution in [2.75, 3.05) is 13.7 Å². The SMILES string of the molecule is COc1ccccc1CC(=O)N1CCCC[C@@H]1c1nc2ccccc2[nH]1. The summed E-state index contributed by atoms with van der Waals surface area (Å²) >= 11 is 0. The van der Waals surface area contributed by atoms with Crippen LogP contribution in [0.3, 0.4) is 0 Å². The van der Waals surface area contributed by atoms with Crippen molar-refractivity contribution >= 4 is 16.9 Å². The maximum Gasteiger partial charge on any atom is 0.227 e. The topological polar surface area (TPSA) is 58.2 Å². The molecule has 3 aromatic rings. The van der Waals surface area contributed by atoms with Crippen molar-refractivity contribution in [1.29, 1.82) is 0 Å². The van der Waals surface area contributed by atoms with Gasteiger partial charge >= 0.3 is 0 Å². The number of para-hydroxylation sites is 3. The van der Waals surface area contributed by atoms with Crippen molar-refractivity contribution < 1.29 is 9.53 Å². The molecular weight excluding hydrogens is 326 g/mol. The van der Waals surface area contributed by atoms with Crippen molar-refractivity contribution in [2.24, 2.45) is 0 Å². The minimum atomic E-state index is 0.0124. The highest BCUT2D eigenvalue weighted by Crippen LogP contribution is 2.31. The number of fused-ring (bicyclic) bond motifs is 1. The minimum absolute atomic E-state index is 0.0124. The smallest absolute Gasteiger partial charge is 0.227 e. The van der Waals surface area contributed by atoms with E-state index < -0.39 is 0 Å². The second kappa shape index (κ2) is 7.20. The zero-order valence-electron chi connectivity index (χ0n) is 14.9. The number of hydrogen-bond donors (Lipinski definition) is 1. The first kappa shape index (κ1) is 16.6. The molecule has 1 fully saturated rings. The van der Waals surface area contributed by atoms with E-state index in [1.807, 2.05) is 53.4 Å². The predicted octanol–water partition coefficient (Wildman–Crippen LogP) is 3.87. The second-order valence-electron chi connectivity index (χ2n) is 6.73. The Labute approximate surface area is 153 Å². The Morgan fingerprint density at radius 2 is 2.00 bits per heavy atom. The lowest BCUT2D eigenvalue weighted by Crippen LogP contribution is -2.39. The summed E-state index contributed by atoms with van der Waals surface area (Å²) < 4.78 is 5.40. The number of hydrogen-bond acceptors (Lipinski definition) is 3. The van der Waals surface area contributed by atoms with Gasteiger partial charge in [-0.15, -0.1) is 0 Å². The van der Waals surface area contributed by atoms with Crippen LogP contribution in [0.5, 0.6) is 5.75 Å². The van der Waals surface area contributed by atoms with E-state index in [1.54, 1.807) is 7.11 Å². The number of nitrogens with zero attached hydrogens (tertiary/aromatic N) is 2. The number of carbonyl (C=O) groups is 1. The van der Waals surface area contributed by atoms with E-state index in [0.717, 1.165) is 54.0 Å². The summed E-state index contributed by atoms with van der Waals surface area (Å²) in [5, 5.41) is 0. The molecule has 0 bridgehead atoms. The molecule has 1 amide bonds. The third-order valence-electron chi connectivity index (χ3n) is 5.08. The van der Waals surface area contributed by atoms with Crippen molar-refractivity contribution in [1.82, 2.24) is 14.9 Å². The Kier molecular flexibility index (Phi) is 4.61. The number of amides is 1. The highest BCUT2D eigenvalue weighted by molar-refractivity contribution is 5.80.